The van der Waals surface area contributed by atoms with Gasteiger partial charge < -0.3 is 5.43 Å². The highest BCUT2D eigenvalue weighted by molar-refractivity contribution is 7.92. The Morgan fingerprint density at radius 2 is 1.81 bits per heavy atom. The van der Waals surface area contributed by atoms with Crippen LogP contribution in [0.5, 0.6) is 0 Å². The second-order valence-electron chi connectivity index (χ2n) is 4.68. The zero-order valence-electron chi connectivity index (χ0n) is 12.1. The van der Waals surface area contributed by atoms with Gasteiger partial charge in [-0.1, -0.05) is 12.1 Å². The Bertz CT molecular complexity index is 712. The van der Waals surface area contributed by atoms with E-state index < -0.39 is 10.0 Å². The number of hydrazine groups is 1. The molecule has 2 rings (SSSR count). The molecule has 0 unspecified atom stereocenters. The number of nitrogens with two attached hydrogens (primary N) is 1. The molecule has 3 N–H and O–H groups in total. The number of hydrogen-bond acceptors (Lipinski definition) is 4. The van der Waals surface area contributed by atoms with E-state index in [1.165, 1.54) is 4.31 Å². The van der Waals surface area contributed by atoms with Gasteiger partial charge in [0.05, 0.1) is 10.6 Å². The highest BCUT2D eigenvalue weighted by Gasteiger charge is 2.23. The Labute approximate surface area is 125 Å². The van der Waals surface area contributed by atoms with Crippen LogP contribution in [0.1, 0.15) is 12.5 Å². The van der Waals surface area contributed by atoms with E-state index in [0.29, 0.717) is 17.9 Å². The molecule has 2 aromatic rings. The van der Waals surface area contributed by atoms with Crippen molar-refractivity contribution in [3.63, 3.8) is 0 Å². The molecule has 2 aromatic carbocycles. The molecule has 5 nitrogen and oxygen atoms in total. The van der Waals surface area contributed by atoms with Crippen LogP contribution in [-0.4, -0.2) is 15.0 Å². The zero-order valence-corrected chi connectivity index (χ0v) is 12.9. The van der Waals surface area contributed by atoms with Crippen molar-refractivity contribution < 1.29 is 8.42 Å². The van der Waals surface area contributed by atoms with Gasteiger partial charge >= 0.3 is 0 Å². The van der Waals surface area contributed by atoms with E-state index in [1.807, 2.05) is 32.0 Å². The number of aryl methyl sites for hydroxylation is 1. The van der Waals surface area contributed by atoms with Crippen LogP contribution < -0.4 is 15.6 Å². The van der Waals surface area contributed by atoms with Crippen LogP contribution in [0.4, 0.5) is 11.4 Å². The first-order valence-electron chi connectivity index (χ1n) is 6.65. The normalized spacial score (nSPS) is 11.2. The van der Waals surface area contributed by atoms with Gasteiger partial charge in [0.15, 0.2) is 0 Å². The molecular weight excluding hydrogens is 286 g/mol. The van der Waals surface area contributed by atoms with Crippen LogP contribution in [0.15, 0.2) is 53.4 Å². The minimum atomic E-state index is -3.58. The molecule has 0 aliphatic heterocycles. The lowest BCUT2D eigenvalue weighted by atomic mass is 10.2. The summed E-state index contributed by atoms with van der Waals surface area (Å²) < 4.78 is 26.9. The smallest absolute Gasteiger partial charge is 0.264 e. The van der Waals surface area contributed by atoms with Crippen molar-refractivity contribution in [2.75, 3.05) is 16.3 Å². The van der Waals surface area contributed by atoms with Gasteiger partial charge in [0.2, 0.25) is 0 Å². The highest BCUT2D eigenvalue weighted by atomic mass is 32.2. The van der Waals surface area contributed by atoms with E-state index in [1.54, 1.807) is 30.3 Å². The van der Waals surface area contributed by atoms with E-state index in [4.69, 9.17) is 5.84 Å². The van der Waals surface area contributed by atoms with Gasteiger partial charge in [-0.05, 0) is 55.8 Å². The van der Waals surface area contributed by atoms with Gasteiger partial charge in [-0.2, -0.15) is 0 Å². The number of hydrogen-bond donors (Lipinski definition) is 2. The predicted octanol–water partition coefficient (Wildman–Crippen LogP) is 2.50. The summed E-state index contributed by atoms with van der Waals surface area (Å²) in [6, 6.07) is 13.8. The lowest BCUT2D eigenvalue weighted by molar-refractivity contribution is 0.592. The molecule has 0 spiro atoms. The Morgan fingerprint density at radius 3 is 2.33 bits per heavy atom. The topological polar surface area (TPSA) is 75.4 Å². The van der Waals surface area contributed by atoms with E-state index >= 15 is 0 Å². The summed E-state index contributed by atoms with van der Waals surface area (Å²) in [5.74, 6) is 5.29. The van der Waals surface area contributed by atoms with Crippen LogP contribution in [-0.2, 0) is 10.0 Å². The van der Waals surface area contributed by atoms with E-state index in [0.717, 1.165) is 5.56 Å². The molecule has 6 heteroatoms. The van der Waals surface area contributed by atoms with Gasteiger partial charge in [-0.3, -0.25) is 10.1 Å². The maximum absolute atomic E-state index is 12.7. The third-order valence-electron chi connectivity index (χ3n) is 3.19. The number of nitrogens with zero attached hydrogens (tertiary/aromatic N) is 1. The van der Waals surface area contributed by atoms with E-state index in [9.17, 15) is 8.42 Å². The average Bonchev–Trinajstić information content (AvgIpc) is 2.48. The number of rotatable bonds is 5. The highest BCUT2D eigenvalue weighted by Crippen LogP contribution is 2.24. The Hall–Kier alpha value is -2.05. The number of nitrogens with one attached hydrogen (secondary N) is 1. The molecule has 0 saturated carbocycles. The van der Waals surface area contributed by atoms with Crippen LogP contribution in [0.3, 0.4) is 0 Å². The third kappa shape index (κ3) is 3.17. The Balaban J connectivity index is 2.44. The molecule has 0 aliphatic carbocycles. The van der Waals surface area contributed by atoms with Gasteiger partial charge in [0.1, 0.15) is 0 Å². The third-order valence-corrected chi connectivity index (χ3v) is 5.10. The minimum absolute atomic E-state index is 0.241. The van der Waals surface area contributed by atoms with Crippen LogP contribution in [0.2, 0.25) is 0 Å². The largest absolute Gasteiger partial charge is 0.324 e. The maximum Gasteiger partial charge on any atom is 0.264 e. The van der Waals surface area contributed by atoms with Crippen molar-refractivity contribution in [1.29, 1.82) is 0 Å². The molecule has 21 heavy (non-hydrogen) atoms. The molecule has 112 valence electrons. The van der Waals surface area contributed by atoms with Crippen LogP contribution in [0, 0.1) is 6.92 Å². The van der Waals surface area contributed by atoms with Crippen LogP contribution in [0.25, 0.3) is 0 Å². The Kier molecular flexibility index (Phi) is 4.50. The summed E-state index contributed by atoms with van der Waals surface area (Å²) >= 11 is 0. The number of nitrogen functional groups attached to an aromatic ring is 1. The first kappa shape index (κ1) is 15.3. The summed E-state index contributed by atoms with van der Waals surface area (Å²) in [6.45, 7) is 4.12. The maximum atomic E-state index is 12.7. The summed E-state index contributed by atoms with van der Waals surface area (Å²) in [5.41, 5.74) is 4.82. The summed E-state index contributed by atoms with van der Waals surface area (Å²) in [6.07, 6.45) is 0. The molecule has 0 heterocycles. The van der Waals surface area contributed by atoms with Crippen molar-refractivity contribution in [2.24, 2.45) is 5.84 Å². The molecule has 0 atom stereocenters. The molecule has 0 saturated heterocycles. The molecule has 0 aliphatic rings. The average molecular weight is 305 g/mol. The van der Waals surface area contributed by atoms with Crippen molar-refractivity contribution >= 4 is 21.4 Å². The van der Waals surface area contributed by atoms with Crippen molar-refractivity contribution in [3.8, 4) is 0 Å². The van der Waals surface area contributed by atoms with Crippen molar-refractivity contribution in [3.05, 3.63) is 54.1 Å². The van der Waals surface area contributed by atoms with E-state index in [-0.39, 0.29) is 4.90 Å². The number of sulfonamides is 1. The second-order valence-corrected chi connectivity index (χ2v) is 6.54. The lowest BCUT2D eigenvalue weighted by Gasteiger charge is -2.23. The minimum Gasteiger partial charge on any atom is -0.324 e. The van der Waals surface area contributed by atoms with Gasteiger partial charge in [-0.25, -0.2) is 8.42 Å². The molecule has 0 radical (unpaired) electrons. The number of anilines is 2. The first-order chi connectivity index (χ1) is 9.98. The SMILES string of the molecule is CCN(c1cccc(C)c1)S(=O)(=O)c1ccc(NN)cc1. The van der Waals surface area contributed by atoms with Gasteiger partial charge in [0, 0.05) is 12.2 Å². The summed E-state index contributed by atoms with van der Waals surface area (Å²) in [4.78, 5) is 0.241. The van der Waals surface area contributed by atoms with Gasteiger partial charge in [-0.15, -0.1) is 0 Å². The first-order valence-corrected chi connectivity index (χ1v) is 8.09. The second kappa shape index (κ2) is 6.15. The predicted molar refractivity (Wildman–Crippen MR) is 85.6 cm³/mol. The lowest BCUT2D eigenvalue weighted by Crippen LogP contribution is -2.30. The zero-order chi connectivity index (χ0) is 15.5. The molecule has 0 bridgehead atoms. The van der Waals surface area contributed by atoms with Crippen molar-refractivity contribution in [1.82, 2.24) is 0 Å². The summed E-state index contributed by atoms with van der Waals surface area (Å²) in [5, 5.41) is 0. The standard InChI is InChI=1S/C15H19N3O2S/c1-3-18(14-6-4-5-12(2)11-14)21(19,20)15-9-7-13(17-16)8-10-15/h4-11,17H,3,16H2,1-2H3. The van der Waals surface area contributed by atoms with Gasteiger partial charge in [0.25, 0.3) is 10.0 Å². The summed E-state index contributed by atoms with van der Waals surface area (Å²) in [7, 11) is -3.58. The molecule has 0 fully saturated rings. The number of benzene rings is 2. The van der Waals surface area contributed by atoms with Crippen LogP contribution >= 0.6 is 0 Å². The van der Waals surface area contributed by atoms with Crippen molar-refractivity contribution in [2.45, 2.75) is 18.7 Å². The van der Waals surface area contributed by atoms with E-state index in [2.05, 4.69) is 5.43 Å². The monoisotopic (exact) mass is 305 g/mol. The molecule has 0 aromatic heterocycles. The Morgan fingerprint density at radius 1 is 1.14 bits per heavy atom. The fourth-order valence-electron chi connectivity index (χ4n) is 2.12. The quantitative estimate of drug-likeness (QED) is 0.657. The molecule has 0 amide bonds. The molecular formula is C15H19N3O2S. The fourth-order valence-corrected chi connectivity index (χ4v) is 3.59. The fraction of sp³-hybridized carbons (Fsp3) is 0.200.